The van der Waals surface area contributed by atoms with E-state index in [1.165, 1.54) is 0 Å². The SMILES string of the molecule is COc1cc2[nH]c(=O)n(CCN(C)C)c2cc1Br. The Labute approximate surface area is 113 Å². The fourth-order valence-electron chi connectivity index (χ4n) is 1.84. The maximum absolute atomic E-state index is 11.9. The van der Waals surface area contributed by atoms with Crippen molar-refractivity contribution in [2.45, 2.75) is 6.54 Å². The maximum Gasteiger partial charge on any atom is 0.326 e. The Kier molecular flexibility index (Phi) is 3.77. The van der Waals surface area contributed by atoms with Gasteiger partial charge in [-0.1, -0.05) is 0 Å². The molecule has 0 aliphatic rings. The van der Waals surface area contributed by atoms with Gasteiger partial charge in [-0.25, -0.2) is 4.79 Å². The summed E-state index contributed by atoms with van der Waals surface area (Å²) in [5, 5.41) is 0. The average molecular weight is 314 g/mol. The first kappa shape index (κ1) is 13.2. The van der Waals surface area contributed by atoms with Gasteiger partial charge in [0.05, 0.1) is 22.6 Å². The monoisotopic (exact) mass is 313 g/mol. The third-order valence-corrected chi connectivity index (χ3v) is 3.44. The van der Waals surface area contributed by atoms with Crippen LogP contribution >= 0.6 is 15.9 Å². The largest absolute Gasteiger partial charge is 0.495 e. The minimum Gasteiger partial charge on any atom is -0.495 e. The molecule has 0 radical (unpaired) electrons. The molecule has 18 heavy (non-hydrogen) atoms. The smallest absolute Gasteiger partial charge is 0.326 e. The van der Waals surface area contributed by atoms with E-state index < -0.39 is 0 Å². The molecule has 1 N–H and O–H groups in total. The maximum atomic E-state index is 11.9. The van der Waals surface area contributed by atoms with E-state index in [1.54, 1.807) is 11.7 Å². The summed E-state index contributed by atoms with van der Waals surface area (Å²) in [5.74, 6) is 0.712. The molecule has 0 unspecified atom stereocenters. The first-order valence-electron chi connectivity index (χ1n) is 5.63. The Hall–Kier alpha value is -1.27. The minimum atomic E-state index is -0.0907. The molecule has 0 amide bonds. The van der Waals surface area contributed by atoms with Gasteiger partial charge in [-0.2, -0.15) is 0 Å². The lowest BCUT2D eigenvalue weighted by Crippen LogP contribution is -2.24. The molecule has 1 heterocycles. The van der Waals surface area contributed by atoms with Gasteiger partial charge in [0, 0.05) is 19.2 Å². The second-order valence-corrected chi connectivity index (χ2v) is 5.24. The summed E-state index contributed by atoms with van der Waals surface area (Å²) in [6.45, 7) is 1.47. The van der Waals surface area contributed by atoms with E-state index in [4.69, 9.17) is 4.74 Å². The van der Waals surface area contributed by atoms with Crippen LogP contribution in [0.2, 0.25) is 0 Å². The molecule has 5 nitrogen and oxygen atoms in total. The van der Waals surface area contributed by atoms with E-state index in [2.05, 4.69) is 20.9 Å². The summed E-state index contributed by atoms with van der Waals surface area (Å²) in [6.07, 6.45) is 0. The van der Waals surface area contributed by atoms with Crippen LogP contribution in [-0.4, -0.2) is 42.2 Å². The van der Waals surface area contributed by atoms with Crippen molar-refractivity contribution in [3.05, 3.63) is 27.1 Å². The van der Waals surface area contributed by atoms with Crippen molar-refractivity contribution in [2.75, 3.05) is 27.7 Å². The van der Waals surface area contributed by atoms with Crippen LogP contribution in [0.4, 0.5) is 0 Å². The predicted octanol–water partition coefficient (Wildman–Crippen LogP) is 1.66. The number of benzene rings is 1. The molecule has 0 saturated carbocycles. The molecule has 0 bridgehead atoms. The van der Waals surface area contributed by atoms with Crippen LogP contribution in [0.3, 0.4) is 0 Å². The van der Waals surface area contributed by atoms with Crippen LogP contribution < -0.4 is 10.4 Å². The molecule has 2 aromatic rings. The summed E-state index contributed by atoms with van der Waals surface area (Å²) < 4.78 is 7.79. The normalized spacial score (nSPS) is 11.4. The Morgan fingerprint density at radius 3 is 2.78 bits per heavy atom. The zero-order chi connectivity index (χ0) is 13.3. The lowest BCUT2D eigenvalue weighted by Gasteiger charge is -2.10. The number of fused-ring (bicyclic) bond motifs is 1. The van der Waals surface area contributed by atoms with Gasteiger partial charge < -0.3 is 14.6 Å². The first-order valence-corrected chi connectivity index (χ1v) is 6.43. The number of rotatable bonds is 4. The molecule has 0 spiro atoms. The van der Waals surface area contributed by atoms with Crippen molar-refractivity contribution in [1.29, 1.82) is 0 Å². The number of methoxy groups -OCH3 is 1. The van der Waals surface area contributed by atoms with Crippen LogP contribution in [0, 0.1) is 0 Å². The van der Waals surface area contributed by atoms with E-state index in [1.807, 2.05) is 31.1 Å². The van der Waals surface area contributed by atoms with Gasteiger partial charge in [0.1, 0.15) is 5.75 Å². The minimum absolute atomic E-state index is 0.0907. The third-order valence-electron chi connectivity index (χ3n) is 2.82. The van der Waals surface area contributed by atoms with E-state index in [0.29, 0.717) is 12.3 Å². The summed E-state index contributed by atoms with van der Waals surface area (Å²) in [7, 11) is 5.57. The van der Waals surface area contributed by atoms with Crippen molar-refractivity contribution in [2.24, 2.45) is 0 Å². The molecule has 0 aliphatic heterocycles. The van der Waals surface area contributed by atoms with Gasteiger partial charge in [0.2, 0.25) is 0 Å². The second kappa shape index (κ2) is 5.16. The van der Waals surface area contributed by atoms with E-state index >= 15 is 0 Å². The lowest BCUT2D eigenvalue weighted by molar-refractivity contribution is 0.384. The number of imidazole rings is 1. The molecule has 6 heteroatoms. The third kappa shape index (κ3) is 2.44. The number of nitrogens with one attached hydrogen (secondary N) is 1. The number of nitrogens with zero attached hydrogens (tertiary/aromatic N) is 2. The van der Waals surface area contributed by atoms with E-state index in [-0.39, 0.29) is 5.69 Å². The summed E-state index contributed by atoms with van der Waals surface area (Å²) in [6, 6.07) is 3.73. The fourth-order valence-corrected chi connectivity index (χ4v) is 2.33. The van der Waals surface area contributed by atoms with Crippen LogP contribution in [0.1, 0.15) is 0 Å². The number of aromatic nitrogens is 2. The van der Waals surface area contributed by atoms with Gasteiger partial charge >= 0.3 is 5.69 Å². The van der Waals surface area contributed by atoms with Crippen molar-refractivity contribution in [3.8, 4) is 5.75 Å². The van der Waals surface area contributed by atoms with Crippen LogP contribution in [0.5, 0.6) is 5.75 Å². The molecule has 1 aromatic heterocycles. The molecular formula is C12H16BrN3O2. The standard InChI is InChI=1S/C12H16BrN3O2/c1-15(2)4-5-16-10-6-8(13)11(18-3)7-9(10)14-12(16)17/h6-7H,4-5H2,1-3H3,(H,14,17). The molecule has 0 fully saturated rings. The average Bonchev–Trinajstić information content (AvgIpc) is 2.60. The molecule has 0 aliphatic carbocycles. The van der Waals surface area contributed by atoms with Gasteiger partial charge in [-0.3, -0.25) is 4.57 Å². The summed E-state index contributed by atoms with van der Waals surface area (Å²) >= 11 is 3.44. The molecule has 1 aromatic carbocycles. The van der Waals surface area contributed by atoms with Crippen LogP contribution in [0.25, 0.3) is 11.0 Å². The topological polar surface area (TPSA) is 50.3 Å². The zero-order valence-electron chi connectivity index (χ0n) is 10.7. The van der Waals surface area contributed by atoms with Crippen molar-refractivity contribution in [3.63, 3.8) is 0 Å². The Bertz CT molecular complexity index is 616. The number of likely N-dealkylation sites (N-methyl/N-ethyl adjacent to an activating group) is 1. The molecular weight excluding hydrogens is 298 g/mol. The number of H-pyrrole nitrogens is 1. The second-order valence-electron chi connectivity index (χ2n) is 4.39. The lowest BCUT2D eigenvalue weighted by atomic mass is 10.3. The fraction of sp³-hybridized carbons (Fsp3) is 0.417. The Morgan fingerprint density at radius 2 is 2.17 bits per heavy atom. The van der Waals surface area contributed by atoms with Crippen LogP contribution in [-0.2, 0) is 6.54 Å². The van der Waals surface area contributed by atoms with Crippen molar-refractivity contribution < 1.29 is 4.74 Å². The van der Waals surface area contributed by atoms with Gasteiger partial charge in [-0.15, -0.1) is 0 Å². The molecule has 98 valence electrons. The van der Waals surface area contributed by atoms with Crippen LogP contribution in [0.15, 0.2) is 21.4 Å². The highest BCUT2D eigenvalue weighted by Gasteiger charge is 2.10. The Morgan fingerprint density at radius 1 is 1.44 bits per heavy atom. The zero-order valence-corrected chi connectivity index (χ0v) is 12.2. The Balaban J connectivity index is 2.50. The number of hydrogen-bond donors (Lipinski definition) is 1. The predicted molar refractivity (Wildman–Crippen MR) is 75.4 cm³/mol. The molecule has 0 saturated heterocycles. The van der Waals surface area contributed by atoms with Crippen molar-refractivity contribution in [1.82, 2.24) is 14.5 Å². The summed E-state index contributed by atoms with van der Waals surface area (Å²) in [5.41, 5.74) is 1.58. The number of hydrogen-bond acceptors (Lipinski definition) is 3. The summed E-state index contributed by atoms with van der Waals surface area (Å²) in [4.78, 5) is 16.8. The molecule has 2 rings (SSSR count). The van der Waals surface area contributed by atoms with E-state index in [9.17, 15) is 4.79 Å². The highest BCUT2D eigenvalue weighted by Crippen LogP contribution is 2.28. The quantitative estimate of drug-likeness (QED) is 0.934. The van der Waals surface area contributed by atoms with Crippen molar-refractivity contribution >= 4 is 27.0 Å². The van der Waals surface area contributed by atoms with Gasteiger partial charge in [0.25, 0.3) is 0 Å². The van der Waals surface area contributed by atoms with E-state index in [0.717, 1.165) is 22.1 Å². The number of aromatic amines is 1. The van der Waals surface area contributed by atoms with Gasteiger partial charge in [0.15, 0.2) is 0 Å². The molecule has 0 atom stereocenters. The highest BCUT2D eigenvalue weighted by atomic mass is 79.9. The first-order chi connectivity index (χ1) is 8.52. The number of halogens is 1. The highest BCUT2D eigenvalue weighted by molar-refractivity contribution is 9.10. The van der Waals surface area contributed by atoms with Gasteiger partial charge in [-0.05, 0) is 36.1 Å². The number of ether oxygens (including phenoxy) is 1.